The Hall–Kier alpha value is -1.93. The molecular formula is C6H6N4O4. The average Bonchev–Trinajstić information content (AvgIpc) is 2.18. The molecule has 0 aromatic carbocycles. The number of amidine groups is 1. The van der Waals surface area contributed by atoms with Crippen molar-refractivity contribution in [2.24, 2.45) is 4.99 Å². The van der Waals surface area contributed by atoms with Gasteiger partial charge in [-0.1, -0.05) is 0 Å². The highest BCUT2D eigenvalue weighted by Crippen LogP contribution is 2.14. The number of carbonyl (C=O) groups excluding carboxylic acids is 2. The molecule has 0 aromatic rings. The van der Waals surface area contributed by atoms with Crippen molar-refractivity contribution in [2.75, 3.05) is 0 Å². The van der Waals surface area contributed by atoms with E-state index in [0.717, 1.165) is 0 Å². The molecule has 0 radical (unpaired) electrons. The number of imide groups is 1. The lowest BCUT2D eigenvalue weighted by Crippen LogP contribution is -2.73. The van der Waals surface area contributed by atoms with Crippen LogP contribution in [0.2, 0.25) is 0 Å². The second kappa shape index (κ2) is 2.79. The van der Waals surface area contributed by atoms with Crippen LogP contribution in [-0.4, -0.2) is 28.8 Å². The maximum Gasteiger partial charge on any atom is 0.327 e. The van der Waals surface area contributed by atoms with E-state index in [2.05, 4.69) is 20.5 Å². The topological polar surface area (TPSA) is 112 Å². The molecule has 1 fully saturated rings. The molecule has 74 valence electrons. The van der Waals surface area contributed by atoms with Crippen molar-refractivity contribution in [2.45, 2.75) is 5.72 Å². The highest BCUT2D eigenvalue weighted by Gasteiger charge is 2.51. The molecule has 4 N–H and O–H groups in total. The fourth-order valence-corrected chi connectivity index (χ4v) is 1.16. The Bertz CT molecular complexity index is 363. The fourth-order valence-electron chi connectivity index (χ4n) is 1.16. The van der Waals surface area contributed by atoms with E-state index >= 15 is 0 Å². The van der Waals surface area contributed by atoms with E-state index in [1.807, 2.05) is 5.32 Å². The molecule has 2 aliphatic heterocycles. The lowest BCUT2D eigenvalue weighted by molar-refractivity contribution is -0.297. The fraction of sp³-hybridized carbons (Fsp3) is 0.167. The summed E-state index contributed by atoms with van der Waals surface area (Å²) in [6.07, 6.45) is 2.61. The molecular weight excluding hydrogens is 192 g/mol. The van der Waals surface area contributed by atoms with Gasteiger partial charge < -0.3 is 5.32 Å². The van der Waals surface area contributed by atoms with Gasteiger partial charge in [0.1, 0.15) is 0 Å². The van der Waals surface area contributed by atoms with Crippen molar-refractivity contribution in [3.8, 4) is 0 Å². The van der Waals surface area contributed by atoms with Crippen molar-refractivity contribution < 1.29 is 19.7 Å². The summed E-state index contributed by atoms with van der Waals surface area (Å²) in [5, 5.41) is 15.2. The molecule has 2 aliphatic rings. The lowest BCUT2D eigenvalue weighted by atomic mass is 10.1. The minimum Gasteiger partial charge on any atom is -0.346 e. The van der Waals surface area contributed by atoms with Gasteiger partial charge >= 0.3 is 11.8 Å². The Balaban J connectivity index is 2.43. The molecule has 0 aromatic heterocycles. The molecule has 1 unspecified atom stereocenters. The zero-order valence-corrected chi connectivity index (χ0v) is 6.77. The van der Waals surface area contributed by atoms with Gasteiger partial charge in [0.05, 0.1) is 0 Å². The minimum absolute atomic E-state index is 0.115. The van der Waals surface area contributed by atoms with Crippen LogP contribution in [0, 0.1) is 0 Å². The van der Waals surface area contributed by atoms with Crippen molar-refractivity contribution in [1.29, 1.82) is 0 Å². The van der Waals surface area contributed by atoms with E-state index in [9.17, 15) is 9.59 Å². The molecule has 8 nitrogen and oxygen atoms in total. The number of hydrogen-bond donors (Lipinski definition) is 4. The molecule has 0 spiro atoms. The second-order valence-electron chi connectivity index (χ2n) is 2.62. The van der Waals surface area contributed by atoms with Gasteiger partial charge in [0.15, 0.2) is 5.84 Å². The number of amides is 3. The Morgan fingerprint density at radius 1 is 1.43 bits per heavy atom. The molecule has 8 heteroatoms. The Morgan fingerprint density at radius 2 is 2.21 bits per heavy atom. The number of carbonyl (C=O) groups is 2. The Kier molecular flexibility index (Phi) is 1.72. The van der Waals surface area contributed by atoms with Crippen molar-refractivity contribution in [3.05, 3.63) is 12.4 Å². The van der Waals surface area contributed by atoms with Crippen molar-refractivity contribution >= 4 is 17.8 Å². The summed E-state index contributed by atoms with van der Waals surface area (Å²) in [6, 6.07) is -0.724. The number of fused-ring (bicyclic) bond motifs is 1. The first-order valence-corrected chi connectivity index (χ1v) is 3.65. The monoisotopic (exact) mass is 198 g/mol. The van der Waals surface area contributed by atoms with Gasteiger partial charge in [-0.05, 0) is 0 Å². The van der Waals surface area contributed by atoms with Crippen LogP contribution in [0.3, 0.4) is 0 Å². The molecule has 1 atom stereocenters. The first kappa shape index (κ1) is 8.66. The van der Waals surface area contributed by atoms with Gasteiger partial charge in [0.2, 0.25) is 0 Å². The number of hydrogen-bond acceptors (Lipinski definition) is 6. The summed E-state index contributed by atoms with van der Waals surface area (Å²) < 4.78 is 0. The van der Waals surface area contributed by atoms with Crippen LogP contribution < -0.4 is 16.0 Å². The van der Waals surface area contributed by atoms with Crippen LogP contribution in [0.5, 0.6) is 0 Å². The zero-order valence-electron chi connectivity index (χ0n) is 6.77. The molecule has 2 heterocycles. The quantitative estimate of drug-likeness (QED) is 0.302. The normalized spacial score (nSPS) is 29.6. The van der Waals surface area contributed by atoms with Gasteiger partial charge in [0.25, 0.3) is 5.91 Å². The molecule has 1 saturated heterocycles. The maximum atomic E-state index is 11.4. The van der Waals surface area contributed by atoms with Crippen molar-refractivity contribution in [1.82, 2.24) is 16.0 Å². The number of nitrogens with one attached hydrogen (secondary N) is 3. The largest absolute Gasteiger partial charge is 0.346 e. The Morgan fingerprint density at radius 3 is 2.93 bits per heavy atom. The number of urea groups is 1. The number of nitrogens with zero attached hydrogens (tertiary/aromatic N) is 1. The zero-order chi connectivity index (χ0) is 10.2. The summed E-state index contributed by atoms with van der Waals surface area (Å²) in [7, 11) is 0. The summed E-state index contributed by atoms with van der Waals surface area (Å²) in [4.78, 5) is 29.9. The molecule has 0 aliphatic carbocycles. The molecule has 0 saturated carbocycles. The van der Waals surface area contributed by atoms with Gasteiger partial charge in [-0.2, -0.15) is 4.89 Å². The van der Waals surface area contributed by atoms with E-state index in [1.165, 1.54) is 12.4 Å². The summed E-state index contributed by atoms with van der Waals surface area (Å²) in [6.45, 7) is 0. The lowest BCUT2D eigenvalue weighted by Gasteiger charge is -2.34. The van der Waals surface area contributed by atoms with Gasteiger partial charge in [-0.15, -0.1) is 0 Å². The molecule has 2 rings (SSSR count). The average molecular weight is 198 g/mol. The third-order valence-electron chi connectivity index (χ3n) is 1.81. The number of aliphatic imine (C=N–C) groups is 1. The van der Waals surface area contributed by atoms with E-state index in [1.54, 1.807) is 0 Å². The molecule has 0 bridgehead atoms. The van der Waals surface area contributed by atoms with E-state index in [4.69, 9.17) is 5.26 Å². The van der Waals surface area contributed by atoms with Gasteiger partial charge in [-0.25, -0.2) is 15.0 Å². The van der Waals surface area contributed by atoms with E-state index < -0.39 is 17.7 Å². The standard InChI is InChI=1S/C6H6N4O4/c11-4-6(14-13)3(7-1-2-8-6)9-5(12)10-4/h1-2,8,13H,(H2,7,9,10,11,12). The molecule has 3 amide bonds. The maximum absolute atomic E-state index is 11.4. The number of rotatable bonds is 1. The van der Waals surface area contributed by atoms with Gasteiger partial charge in [0, 0.05) is 12.4 Å². The minimum atomic E-state index is -1.86. The van der Waals surface area contributed by atoms with Crippen LogP contribution in [0.4, 0.5) is 4.79 Å². The van der Waals surface area contributed by atoms with Crippen LogP contribution in [0.25, 0.3) is 0 Å². The SMILES string of the molecule is O=C1NC(=O)C2(OO)NC=CN=C2N1. The predicted molar refractivity (Wildman–Crippen MR) is 42.8 cm³/mol. The summed E-state index contributed by atoms with van der Waals surface area (Å²) >= 11 is 0. The third-order valence-corrected chi connectivity index (χ3v) is 1.81. The van der Waals surface area contributed by atoms with E-state index in [0.29, 0.717) is 0 Å². The van der Waals surface area contributed by atoms with Crippen LogP contribution in [0.15, 0.2) is 17.4 Å². The first-order valence-electron chi connectivity index (χ1n) is 3.65. The summed E-state index contributed by atoms with van der Waals surface area (Å²) in [5.74, 6) is -0.955. The van der Waals surface area contributed by atoms with Crippen LogP contribution in [-0.2, 0) is 9.68 Å². The highest BCUT2D eigenvalue weighted by molar-refractivity contribution is 6.23. The second-order valence-corrected chi connectivity index (χ2v) is 2.62. The van der Waals surface area contributed by atoms with Gasteiger partial charge in [-0.3, -0.25) is 15.4 Å². The Labute approximate surface area is 77.6 Å². The predicted octanol–water partition coefficient (Wildman–Crippen LogP) is -1.52. The third kappa shape index (κ3) is 0.980. The highest BCUT2D eigenvalue weighted by atomic mass is 17.1. The van der Waals surface area contributed by atoms with Crippen molar-refractivity contribution in [3.63, 3.8) is 0 Å². The van der Waals surface area contributed by atoms with Crippen LogP contribution in [0.1, 0.15) is 0 Å². The first-order chi connectivity index (χ1) is 6.69. The van der Waals surface area contributed by atoms with E-state index in [-0.39, 0.29) is 5.84 Å². The summed E-state index contributed by atoms with van der Waals surface area (Å²) in [5.41, 5.74) is -1.86. The smallest absolute Gasteiger partial charge is 0.327 e. The molecule has 14 heavy (non-hydrogen) atoms. The van der Waals surface area contributed by atoms with Crippen LogP contribution >= 0.6 is 0 Å².